The second-order valence-electron chi connectivity index (χ2n) is 12.3. The van der Waals surface area contributed by atoms with Crippen LogP contribution >= 0.6 is 0 Å². The van der Waals surface area contributed by atoms with E-state index in [0.717, 1.165) is 49.2 Å². The van der Waals surface area contributed by atoms with Crippen LogP contribution in [0.15, 0.2) is 48.5 Å². The van der Waals surface area contributed by atoms with Crippen molar-refractivity contribution in [1.82, 2.24) is 19.4 Å². The summed E-state index contributed by atoms with van der Waals surface area (Å²) in [7, 11) is 3.33. The lowest BCUT2D eigenvalue weighted by Crippen LogP contribution is -2.62. The number of para-hydroxylation sites is 2. The standard InChI is InChI=1S/C33H33N5O6/c1-33-30(43-3)22(36(2)32(42)19(34)12-13-24(39)40)14-23(44-33)37-20-10-6-4-8-16(20)26-27-18(15-35-31(27)41)25-17-9-5-7-11-21(17)38(33)29(25)28(26)37/h4-11,19,22-23,30H,12-15,34H2,1-3H3,(H,35,41)(H,39,40). The minimum Gasteiger partial charge on any atom is -0.481 e. The van der Waals surface area contributed by atoms with Gasteiger partial charge in [0.05, 0.1) is 39.7 Å². The van der Waals surface area contributed by atoms with Gasteiger partial charge in [-0.25, -0.2) is 0 Å². The summed E-state index contributed by atoms with van der Waals surface area (Å²) in [5.74, 6) is -1.44. The van der Waals surface area contributed by atoms with E-state index in [1.54, 1.807) is 19.1 Å². The molecule has 1 fully saturated rings. The number of carbonyl (C=O) groups excluding carboxylic acids is 2. The Balaban J connectivity index is 1.45. The molecule has 4 N–H and O–H groups in total. The van der Waals surface area contributed by atoms with Crippen molar-refractivity contribution in [3.8, 4) is 0 Å². The number of carbonyl (C=O) groups is 3. The predicted octanol–water partition coefficient (Wildman–Crippen LogP) is 3.79. The number of nitrogens with one attached hydrogen (secondary N) is 1. The Morgan fingerprint density at radius 1 is 1.14 bits per heavy atom. The van der Waals surface area contributed by atoms with Gasteiger partial charge >= 0.3 is 5.97 Å². The zero-order valence-electron chi connectivity index (χ0n) is 24.7. The molecular formula is C33H33N5O6. The minimum absolute atomic E-state index is 0.0326. The summed E-state index contributed by atoms with van der Waals surface area (Å²) < 4.78 is 17.8. The van der Waals surface area contributed by atoms with Gasteiger partial charge in [-0.2, -0.15) is 0 Å². The molecule has 11 heteroatoms. The molecule has 5 heterocycles. The first-order valence-electron chi connectivity index (χ1n) is 14.9. The number of ether oxygens (including phenoxy) is 2. The van der Waals surface area contributed by atoms with Crippen LogP contribution in [0.4, 0.5) is 0 Å². The van der Waals surface area contributed by atoms with Gasteiger partial charge in [0, 0.05) is 55.1 Å². The molecule has 2 amide bonds. The Bertz CT molecular complexity index is 2080. The van der Waals surface area contributed by atoms with Crippen LogP contribution in [-0.4, -0.2) is 69.3 Å². The van der Waals surface area contributed by atoms with Crippen LogP contribution in [-0.2, 0) is 31.3 Å². The van der Waals surface area contributed by atoms with Gasteiger partial charge < -0.3 is 39.7 Å². The van der Waals surface area contributed by atoms with E-state index in [4.69, 9.17) is 15.2 Å². The van der Waals surface area contributed by atoms with E-state index >= 15 is 0 Å². The number of nitrogens with two attached hydrogens (primary N) is 1. The van der Waals surface area contributed by atoms with E-state index in [1.807, 2.05) is 37.3 Å². The first kappa shape index (κ1) is 27.1. The van der Waals surface area contributed by atoms with Crippen LogP contribution in [0.2, 0.25) is 0 Å². The molecule has 2 aromatic heterocycles. The summed E-state index contributed by atoms with van der Waals surface area (Å²) in [6, 6.07) is 14.8. The van der Waals surface area contributed by atoms with Crippen LogP contribution in [0.1, 0.15) is 48.3 Å². The largest absolute Gasteiger partial charge is 0.481 e. The molecule has 5 unspecified atom stereocenters. The minimum atomic E-state index is -1.08. The monoisotopic (exact) mass is 595 g/mol. The molecule has 2 bridgehead atoms. The second-order valence-corrected chi connectivity index (χ2v) is 12.3. The molecular weight excluding hydrogens is 562 g/mol. The third kappa shape index (κ3) is 3.34. The molecule has 0 spiro atoms. The summed E-state index contributed by atoms with van der Waals surface area (Å²) in [5, 5.41) is 16.1. The molecule has 1 saturated heterocycles. The summed E-state index contributed by atoms with van der Waals surface area (Å²) in [6.45, 7) is 2.43. The van der Waals surface area contributed by atoms with E-state index in [-0.39, 0.29) is 24.7 Å². The van der Waals surface area contributed by atoms with E-state index in [9.17, 15) is 19.5 Å². The number of hydrogen-bond donors (Lipinski definition) is 3. The number of hydrogen-bond acceptors (Lipinski definition) is 6. The van der Waals surface area contributed by atoms with Gasteiger partial charge in [0.25, 0.3) is 5.91 Å². The Morgan fingerprint density at radius 3 is 2.52 bits per heavy atom. The number of amides is 2. The highest BCUT2D eigenvalue weighted by Gasteiger charge is 2.55. The Morgan fingerprint density at radius 2 is 1.82 bits per heavy atom. The molecule has 0 aliphatic carbocycles. The lowest BCUT2D eigenvalue weighted by atomic mass is 9.91. The molecule has 0 saturated carbocycles. The van der Waals surface area contributed by atoms with E-state index < -0.39 is 36.1 Å². The Labute approximate surface area is 252 Å². The van der Waals surface area contributed by atoms with Crippen molar-refractivity contribution >= 4 is 61.4 Å². The fourth-order valence-corrected chi connectivity index (χ4v) is 8.22. The number of fused-ring (bicyclic) bond motifs is 13. The topological polar surface area (TPSA) is 141 Å². The van der Waals surface area contributed by atoms with E-state index in [0.29, 0.717) is 18.5 Å². The average Bonchev–Trinajstić information content (AvgIpc) is 3.66. The van der Waals surface area contributed by atoms with E-state index in [2.05, 4.69) is 32.7 Å². The quantitative estimate of drug-likeness (QED) is 0.271. The highest BCUT2D eigenvalue weighted by atomic mass is 16.6. The number of rotatable bonds is 6. The number of carboxylic acid groups (broad SMARTS) is 1. The van der Waals surface area contributed by atoms with Crippen LogP contribution in [0.25, 0.3) is 43.6 Å². The smallest absolute Gasteiger partial charge is 0.303 e. The fraction of sp³-hybridized carbons (Fsp3) is 0.364. The van der Waals surface area contributed by atoms with Gasteiger partial charge in [-0.1, -0.05) is 36.4 Å². The van der Waals surface area contributed by atoms with Gasteiger partial charge in [0.1, 0.15) is 12.3 Å². The highest BCUT2D eigenvalue weighted by Crippen LogP contribution is 2.54. The number of likely N-dealkylation sites (N-methyl/N-ethyl adjacent to an activating group) is 1. The number of benzene rings is 3. The van der Waals surface area contributed by atoms with Crippen molar-refractivity contribution in [2.75, 3.05) is 14.2 Å². The lowest BCUT2D eigenvalue weighted by Gasteiger charge is -2.50. The van der Waals surface area contributed by atoms with Crippen LogP contribution in [0.3, 0.4) is 0 Å². The SMILES string of the molecule is COC1C(N(C)C(=O)C(N)CCC(=O)O)CC2OC1(C)n1c3ccccc3c3c4c(c5c6ccccc6n2c5c31)C(=O)NC4. The number of aromatic nitrogens is 2. The van der Waals surface area contributed by atoms with Gasteiger partial charge in [0.15, 0.2) is 5.72 Å². The first-order valence-corrected chi connectivity index (χ1v) is 14.9. The van der Waals surface area contributed by atoms with Crippen molar-refractivity contribution < 1.29 is 29.0 Å². The van der Waals surface area contributed by atoms with Gasteiger partial charge in [0.2, 0.25) is 5.91 Å². The normalized spacial score (nSPS) is 24.6. The lowest BCUT2D eigenvalue weighted by molar-refractivity contribution is -0.266. The Hall–Kier alpha value is -4.45. The molecule has 8 rings (SSSR count). The molecule has 44 heavy (non-hydrogen) atoms. The second kappa shape index (κ2) is 9.28. The van der Waals surface area contributed by atoms with Crippen LogP contribution < -0.4 is 11.1 Å². The molecule has 3 aliphatic heterocycles. The summed E-state index contributed by atoms with van der Waals surface area (Å²) in [4.78, 5) is 40.0. The third-order valence-electron chi connectivity index (χ3n) is 10.0. The van der Waals surface area contributed by atoms with E-state index in [1.165, 1.54) is 0 Å². The zero-order valence-corrected chi connectivity index (χ0v) is 24.7. The van der Waals surface area contributed by atoms with Crippen molar-refractivity contribution in [3.63, 3.8) is 0 Å². The first-order chi connectivity index (χ1) is 21.2. The van der Waals surface area contributed by atoms with Gasteiger partial charge in [-0.05, 0) is 31.0 Å². The maximum absolute atomic E-state index is 13.7. The van der Waals surface area contributed by atoms with Gasteiger partial charge in [-0.15, -0.1) is 0 Å². The number of nitrogens with zero attached hydrogens (tertiary/aromatic N) is 3. The number of carboxylic acids is 1. The van der Waals surface area contributed by atoms with Crippen molar-refractivity contribution in [1.29, 1.82) is 0 Å². The number of aliphatic carboxylic acids is 1. The third-order valence-corrected chi connectivity index (χ3v) is 10.0. The van der Waals surface area contributed by atoms with Gasteiger partial charge in [-0.3, -0.25) is 14.4 Å². The van der Waals surface area contributed by atoms with Crippen molar-refractivity contribution in [3.05, 3.63) is 59.7 Å². The average molecular weight is 596 g/mol. The molecule has 3 aliphatic rings. The Kier molecular flexibility index (Phi) is 5.72. The number of methoxy groups -OCH3 is 1. The molecule has 5 atom stereocenters. The summed E-state index contributed by atoms with van der Waals surface area (Å²) in [5.41, 5.74) is 10.6. The maximum atomic E-state index is 13.7. The van der Waals surface area contributed by atoms with Crippen LogP contribution in [0, 0.1) is 0 Å². The molecule has 3 aromatic carbocycles. The highest BCUT2D eigenvalue weighted by molar-refractivity contribution is 6.31. The van der Waals surface area contributed by atoms with Crippen molar-refractivity contribution in [2.24, 2.45) is 5.73 Å². The molecule has 5 aromatic rings. The zero-order chi connectivity index (χ0) is 30.7. The molecule has 0 radical (unpaired) electrons. The summed E-state index contributed by atoms with van der Waals surface area (Å²) in [6.07, 6.45) is -0.906. The summed E-state index contributed by atoms with van der Waals surface area (Å²) >= 11 is 0. The van der Waals surface area contributed by atoms with Crippen LogP contribution in [0.5, 0.6) is 0 Å². The predicted molar refractivity (Wildman–Crippen MR) is 164 cm³/mol. The molecule has 11 nitrogen and oxygen atoms in total. The maximum Gasteiger partial charge on any atom is 0.303 e. The molecule has 226 valence electrons. The van der Waals surface area contributed by atoms with Crippen molar-refractivity contribution in [2.45, 2.75) is 62.9 Å². The fourth-order valence-electron chi connectivity index (χ4n) is 8.22.